The molecule has 0 aromatic heterocycles. The van der Waals surface area contributed by atoms with Crippen molar-refractivity contribution in [3.8, 4) is 44.5 Å². The summed E-state index contributed by atoms with van der Waals surface area (Å²) in [5.74, 6) is 0. The van der Waals surface area contributed by atoms with E-state index in [4.69, 9.17) is 0 Å². The Morgan fingerprint density at radius 2 is 0.833 bits per heavy atom. The molecule has 0 bridgehead atoms. The molecule has 0 heteroatoms. The highest BCUT2D eigenvalue weighted by Crippen LogP contribution is 2.42. The predicted molar refractivity (Wildman–Crippen MR) is 127 cm³/mol. The Labute approximate surface area is 178 Å². The summed E-state index contributed by atoms with van der Waals surface area (Å²) in [4.78, 5) is 0. The molecular weight excluding hydrogens is 360 g/mol. The van der Waals surface area contributed by atoms with E-state index in [1.165, 1.54) is 33.4 Å². The van der Waals surface area contributed by atoms with Crippen molar-refractivity contribution < 1.29 is 0 Å². The monoisotopic (exact) mass is 381 g/mol. The van der Waals surface area contributed by atoms with Crippen LogP contribution in [0, 0.1) is 6.07 Å². The first-order valence-electron chi connectivity index (χ1n) is 10.2. The standard InChI is InChI=1S/C30H21/c1-5-13-23(14-6-1)27-21-28(24-15-7-2-8-16-24)30(26-19-11-4-12-20-26)29(22-27)25-17-9-3-10-18-25/h1-21H. The first kappa shape index (κ1) is 18.1. The fourth-order valence-corrected chi connectivity index (χ4v) is 3.93. The topological polar surface area (TPSA) is 0 Å². The SMILES string of the molecule is [c]1c(-c2ccccc2)cc(-c2ccccc2)c(-c2ccccc2)c1-c1ccccc1. The maximum absolute atomic E-state index is 3.75. The van der Waals surface area contributed by atoms with Gasteiger partial charge in [-0.05, 0) is 56.6 Å². The molecule has 0 aliphatic rings. The molecule has 5 aromatic rings. The lowest BCUT2D eigenvalue weighted by molar-refractivity contribution is 1.54. The molecule has 0 amide bonds. The van der Waals surface area contributed by atoms with Gasteiger partial charge in [0, 0.05) is 0 Å². The third-order valence-electron chi connectivity index (χ3n) is 5.36. The van der Waals surface area contributed by atoms with Crippen LogP contribution in [0.2, 0.25) is 0 Å². The van der Waals surface area contributed by atoms with Crippen LogP contribution in [0.3, 0.4) is 0 Å². The average molecular weight is 381 g/mol. The smallest absolute Gasteiger partial charge is 0.000741 e. The lowest BCUT2D eigenvalue weighted by Crippen LogP contribution is -1.93. The minimum absolute atomic E-state index is 1.10. The van der Waals surface area contributed by atoms with E-state index in [0.717, 1.165) is 11.1 Å². The highest BCUT2D eigenvalue weighted by molar-refractivity contribution is 5.97. The van der Waals surface area contributed by atoms with Crippen LogP contribution >= 0.6 is 0 Å². The Kier molecular flexibility index (Phi) is 4.98. The zero-order valence-electron chi connectivity index (χ0n) is 16.6. The van der Waals surface area contributed by atoms with Crippen molar-refractivity contribution in [3.05, 3.63) is 133 Å². The number of hydrogen-bond donors (Lipinski definition) is 0. The highest BCUT2D eigenvalue weighted by Gasteiger charge is 2.17. The Bertz CT molecular complexity index is 1180. The first-order chi connectivity index (χ1) is 14.9. The van der Waals surface area contributed by atoms with Crippen LogP contribution in [0.4, 0.5) is 0 Å². The second-order valence-corrected chi connectivity index (χ2v) is 7.31. The first-order valence-corrected chi connectivity index (χ1v) is 10.2. The number of rotatable bonds is 4. The van der Waals surface area contributed by atoms with Crippen molar-refractivity contribution in [1.82, 2.24) is 0 Å². The Hall–Kier alpha value is -3.90. The van der Waals surface area contributed by atoms with Crippen LogP contribution < -0.4 is 0 Å². The van der Waals surface area contributed by atoms with E-state index < -0.39 is 0 Å². The molecule has 0 unspecified atom stereocenters. The van der Waals surface area contributed by atoms with Gasteiger partial charge in [0.25, 0.3) is 0 Å². The normalized spacial score (nSPS) is 10.7. The molecule has 0 heterocycles. The van der Waals surface area contributed by atoms with Crippen LogP contribution in [-0.4, -0.2) is 0 Å². The van der Waals surface area contributed by atoms with E-state index in [0.29, 0.717) is 0 Å². The quantitative estimate of drug-likeness (QED) is 0.294. The minimum Gasteiger partial charge on any atom is -0.0622 e. The zero-order valence-corrected chi connectivity index (χ0v) is 16.6. The molecule has 0 aliphatic heterocycles. The van der Waals surface area contributed by atoms with Crippen LogP contribution in [0.1, 0.15) is 0 Å². The number of hydrogen-bond acceptors (Lipinski definition) is 0. The summed E-state index contributed by atoms with van der Waals surface area (Å²) in [7, 11) is 0. The largest absolute Gasteiger partial charge is 0.0622 e. The van der Waals surface area contributed by atoms with Crippen molar-refractivity contribution in [2.75, 3.05) is 0 Å². The van der Waals surface area contributed by atoms with Gasteiger partial charge in [-0.3, -0.25) is 0 Å². The zero-order chi connectivity index (χ0) is 20.2. The molecule has 0 saturated carbocycles. The molecule has 30 heavy (non-hydrogen) atoms. The predicted octanol–water partition coefficient (Wildman–Crippen LogP) is 8.15. The summed E-state index contributed by atoms with van der Waals surface area (Å²) < 4.78 is 0. The fraction of sp³-hybridized carbons (Fsp3) is 0. The van der Waals surface area contributed by atoms with Gasteiger partial charge >= 0.3 is 0 Å². The van der Waals surface area contributed by atoms with Gasteiger partial charge in [-0.25, -0.2) is 0 Å². The summed E-state index contributed by atoms with van der Waals surface area (Å²) in [6, 6.07) is 48.4. The minimum atomic E-state index is 1.10. The van der Waals surface area contributed by atoms with Crippen molar-refractivity contribution in [2.24, 2.45) is 0 Å². The molecule has 0 aliphatic carbocycles. The molecular formula is C30H21. The van der Waals surface area contributed by atoms with Gasteiger partial charge in [0.2, 0.25) is 0 Å². The lowest BCUT2D eigenvalue weighted by atomic mass is 9.85. The number of benzene rings is 5. The summed E-state index contributed by atoms with van der Waals surface area (Å²) in [5, 5.41) is 0. The molecule has 0 spiro atoms. The lowest BCUT2D eigenvalue weighted by Gasteiger charge is -2.18. The van der Waals surface area contributed by atoms with E-state index in [2.05, 4.69) is 133 Å². The Morgan fingerprint density at radius 3 is 1.37 bits per heavy atom. The van der Waals surface area contributed by atoms with Gasteiger partial charge < -0.3 is 0 Å². The maximum atomic E-state index is 3.75. The van der Waals surface area contributed by atoms with Gasteiger partial charge in [0.1, 0.15) is 0 Å². The van der Waals surface area contributed by atoms with Gasteiger partial charge in [-0.2, -0.15) is 0 Å². The Balaban J connectivity index is 1.88. The van der Waals surface area contributed by atoms with Crippen LogP contribution in [0.25, 0.3) is 44.5 Å². The van der Waals surface area contributed by atoms with Crippen LogP contribution in [0.5, 0.6) is 0 Å². The third-order valence-corrected chi connectivity index (χ3v) is 5.36. The van der Waals surface area contributed by atoms with Crippen molar-refractivity contribution in [2.45, 2.75) is 0 Å². The molecule has 0 fully saturated rings. The van der Waals surface area contributed by atoms with E-state index in [9.17, 15) is 0 Å². The third kappa shape index (κ3) is 3.56. The average Bonchev–Trinajstić information content (AvgIpc) is 2.85. The maximum Gasteiger partial charge on any atom is -0.000741 e. The summed E-state index contributed by atoms with van der Waals surface area (Å²) >= 11 is 0. The van der Waals surface area contributed by atoms with Gasteiger partial charge in [0.15, 0.2) is 0 Å². The van der Waals surface area contributed by atoms with Gasteiger partial charge in [-0.1, -0.05) is 121 Å². The van der Waals surface area contributed by atoms with E-state index in [1.807, 2.05) is 0 Å². The second-order valence-electron chi connectivity index (χ2n) is 7.31. The Morgan fingerprint density at radius 1 is 0.400 bits per heavy atom. The van der Waals surface area contributed by atoms with Crippen molar-refractivity contribution in [3.63, 3.8) is 0 Å². The summed E-state index contributed by atoms with van der Waals surface area (Å²) in [6.45, 7) is 0. The second kappa shape index (κ2) is 8.23. The molecule has 0 nitrogen and oxygen atoms in total. The summed E-state index contributed by atoms with van der Waals surface area (Å²) in [5.41, 5.74) is 9.42. The van der Waals surface area contributed by atoms with Crippen LogP contribution in [0.15, 0.2) is 127 Å². The molecule has 141 valence electrons. The fourth-order valence-electron chi connectivity index (χ4n) is 3.93. The molecule has 0 saturated heterocycles. The summed E-state index contributed by atoms with van der Waals surface area (Å²) in [6.07, 6.45) is 0. The van der Waals surface area contributed by atoms with E-state index in [-0.39, 0.29) is 0 Å². The van der Waals surface area contributed by atoms with Crippen molar-refractivity contribution >= 4 is 0 Å². The highest BCUT2D eigenvalue weighted by atomic mass is 14.2. The molecule has 0 N–H and O–H groups in total. The van der Waals surface area contributed by atoms with E-state index in [1.54, 1.807) is 0 Å². The van der Waals surface area contributed by atoms with Crippen LogP contribution in [-0.2, 0) is 0 Å². The van der Waals surface area contributed by atoms with Gasteiger partial charge in [-0.15, -0.1) is 0 Å². The molecule has 0 atom stereocenters. The van der Waals surface area contributed by atoms with E-state index >= 15 is 0 Å². The molecule has 5 aromatic carbocycles. The van der Waals surface area contributed by atoms with Gasteiger partial charge in [0.05, 0.1) is 0 Å². The molecule has 5 rings (SSSR count). The van der Waals surface area contributed by atoms with Crippen molar-refractivity contribution in [1.29, 1.82) is 0 Å². The molecule has 1 radical (unpaired) electrons.